The van der Waals surface area contributed by atoms with Gasteiger partial charge in [-0.1, -0.05) is 53.6 Å². The van der Waals surface area contributed by atoms with Crippen LogP contribution in [-0.4, -0.2) is 23.7 Å². The molecular weight excluding hydrogens is 445 g/mol. The zero-order valence-corrected chi connectivity index (χ0v) is 18.1. The summed E-state index contributed by atoms with van der Waals surface area (Å²) in [5.74, 6) is 0.366. The van der Waals surface area contributed by atoms with E-state index in [1.54, 1.807) is 24.3 Å². The van der Waals surface area contributed by atoms with Crippen molar-refractivity contribution in [3.05, 3.63) is 58.6 Å². The third-order valence-corrected chi connectivity index (χ3v) is 9.19. The fourth-order valence-corrected chi connectivity index (χ4v) is 7.20. The Bertz CT molecular complexity index is 1030. The van der Waals surface area contributed by atoms with Crippen molar-refractivity contribution in [1.29, 1.82) is 0 Å². The number of halogens is 2. The fraction of sp³-hybridized carbons (Fsp3) is 0.167. The maximum Gasteiger partial charge on any atom is 0.246 e. The largest absolute Gasteiger partial charge is 0.611 e. The lowest BCUT2D eigenvalue weighted by Crippen LogP contribution is -2.11. The molecule has 3 aromatic rings. The number of nitrogens with zero attached hydrogens (tertiary/aromatic N) is 1. The van der Waals surface area contributed by atoms with Crippen molar-refractivity contribution in [1.82, 2.24) is 4.98 Å². The van der Waals surface area contributed by atoms with Crippen LogP contribution in [0.2, 0.25) is 10.0 Å². The highest BCUT2D eigenvalue weighted by Crippen LogP contribution is 2.37. The first-order valence-electron chi connectivity index (χ1n) is 7.98. The first kappa shape index (κ1) is 20.6. The molecule has 0 radical (unpaired) electrons. The van der Waals surface area contributed by atoms with E-state index in [4.69, 9.17) is 23.2 Å². The summed E-state index contributed by atoms with van der Waals surface area (Å²) in [5.41, 5.74) is 0.719. The molecule has 0 saturated carbocycles. The molecule has 0 saturated heterocycles. The molecular formula is C18H15Cl2NO3S3. The average molecular weight is 460 g/mol. The molecule has 1 aromatic heterocycles. The average Bonchev–Trinajstić information content (AvgIpc) is 3.09. The van der Waals surface area contributed by atoms with Gasteiger partial charge in [0.05, 0.1) is 4.90 Å². The number of rotatable bonds is 6. The van der Waals surface area contributed by atoms with Crippen LogP contribution in [0.25, 0.3) is 10.6 Å². The summed E-state index contributed by atoms with van der Waals surface area (Å²) in [6, 6.07) is 12.8. The van der Waals surface area contributed by atoms with E-state index in [0.717, 1.165) is 16.9 Å². The molecule has 1 heterocycles. The predicted octanol–water partition coefficient (Wildman–Crippen LogP) is 5.47. The maximum absolute atomic E-state index is 13.1. The molecule has 0 fully saturated rings. The summed E-state index contributed by atoms with van der Waals surface area (Å²) in [7, 11) is -3.92. The van der Waals surface area contributed by atoms with E-state index in [2.05, 4.69) is 4.98 Å². The lowest BCUT2D eigenvalue weighted by molar-refractivity contribution is 0.581. The summed E-state index contributed by atoms with van der Waals surface area (Å²) in [5, 5.41) is 1.33. The zero-order chi connectivity index (χ0) is 19.6. The summed E-state index contributed by atoms with van der Waals surface area (Å²) in [6.07, 6.45) is 0.668. The van der Waals surface area contributed by atoms with Gasteiger partial charge in [-0.05, 0) is 54.0 Å². The highest BCUT2D eigenvalue weighted by molar-refractivity contribution is 7.96. The van der Waals surface area contributed by atoms with Crippen LogP contribution in [0.4, 0.5) is 0 Å². The van der Waals surface area contributed by atoms with Crippen LogP contribution in [-0.2, 0) is 21.0 Å². The van der Waals surface area contributed by atoms with E-state index in [1.807, 2.05) is 6.92 Å². The van der Waals surface area contributed by atoms with E-state index in [9.17, 15) is 13.0 Å². The minimum atomic E-state index is -3.92. The zero-order valence-electron chi connectivity index (χ0n) is 14.2. The van der Waals surface area contributed by atoms with Gasteiger partial charge >= 0.3 is 0 Å². The van der Waals surface area contributed by atoms with Gasteiger partial charge < -0.3 is 4.55 Å². The molecule has 1 atom stereocenters. The molecule has 0 aliphatic carbocycles. The number of sulfone groups is 1. The second-order valence-electron chi connectivity index (χ2n) is 5.63. The van der Waals surface area contributed by atoms with Gasteiger partial charge in [0, 0.05) is 15.6 Å². The number of aromatic nitrogens is 1. The van der Waals surface area contributed by atoms with Crippen molar-refractivity contribution in [2.45, 2.75) is 27.5 Å². The molecule has 0 bridgehead atoms. The fourth-order valence-electron chi connectivity index (χ4n) is 2.33. The van der Waals surface area contributed by atoms with Crippen LogP contribution < -0.4 is 0 Å². The van der Waals surface area contributed by atoms with E-state index in [-0.39, 0.29) is 14.1 Å². The Morgan fingerprint density at radius 3 is 2.15 bits per heavy atom. The second-order valence-corrected chi connectivity index (χ2v) is 11.1. The van der Waals surface area contributed by atoms with Gasteiger partial charge in [-0.25, -0.2) is 13.4 Å². The van der Waals surface area contributed by atoms with Gasteiger partial charge in [0.15, 0.2) is 0 Å². The Balaban J connectivity index is 2.14. The molecule has 142 valence electrons. The lowest BCUT2D eigenvalue weighted by atomic mass is 10.2. The minimum Gasteiger partial charge on any atom is -0.611 e. The van der Waals surface area contributed by atoms with E-state index < -0.39 is 21.0 Å². The smallest absolute Gasteiger partial charge is 0.246 e. The summed E-state index contributed by atoms with van der Waals surface area (Å²) in [4.78, 5) is 4.41. The Morgan fingerprint density at radius 1 is 1.04 bits per heavy atom. The van der Waals surface area contributed by atoms with Crippen LogP contribution in [0.1, 0.15) is 13.3 Å². The van der Waals surface area contributed by atoms with Gasteiger partial charge in [-0.2, -0.15) is 0 Å². The number of hydrogen-bond acceptors (Lipinski definition) is 5. The van der Waals surface area contributed by atoms with Gasteiger partial charge in [0.1, 0.15) is 10.8 Å². The predicted molar refractivity (Wildman–Crippen MR) is 111 cm³/mol. The molecule has 3 rings (SSSR count). The highest BCUT2D eigenvalue weighted by atomic mass is 35.5. The molecule has 0 aliphatic rings. The van der Waals surface area contributed by atoms with Crippen LogP contribution in [0.5, 0.6) is 0 Å². The molecule has 4 nitrogen and oxygen atoms in total. The SMILES string of the molecule is CCC[S+]([O-])c1sc(-c2ccc(Cl)cc2)nc1S(=O)(=O)c1ccc(Cl)cc1. The van der Waals surface area contributed by atoms with E-state index in [0.29, 0.717) is 27.2 Å². The Morgan fingerprint density at radius 2 is 1.59 bits per heavy atom. The van der Waals surface area contributed by atoms with Gasteiger partial charge in [0.2, 0.25) is 19.1 Å². The molecule has 0 aliphatic heterocycles. The number of benzene rings is 2. The molecule has 1 unspecified atom stereocenters. The Hall–Kier alpha value is -1.09. The third-order valence-electron chi connectivity index (χ3n) is 3.63. The standard InChI is InChI=1S/C18H15Cl2NO3S3/c1-2-11-26(22)18-17(27(23,24)15-9-7-14(20)8-10-15)21-16(25-18)12-3-5-13(19)6-4-12/h3-10H,2,11H2,1H3. The van der Waals surface area contributed by atoms with E-state index in [1.165, 1.54) is 24.3 Å². The van der Waals surface area contributed by atoms with Crippen molar-refractivity contribution < 1.29 is 13.0 Å². The van der Waals surface area contributed by atoms with Crippen molar-refractivity contribution in [2.75, 3.05) is 5.75 Å². The summed E-state index contributed by atoms with van der Waals surface area (Å²) >= 11 is 11.5. The molecule has 9 heteroatoms. The molecule has 0 spiro atoms. The molecule has 27 heavy (non-hydrogen) atoms. The molecule has 0 amide bonds. The topological polar surface area (TPSA) is 70.1 Å². The molecule has 2 aromatic carbocycles. The Kier molecular flexibility index (Phi) is 6.50. The summed E-state index contributed by atoms with van der Waals surface area (Å²) in [6.45, 7) is 1.90. The van der Waals surface area contributed by atoms with Crippen molar-refractivity contribution in [3.63, 3.8) is 0 Å². The summed E-state index contributed by atoms with van der Waals surface area (Å²) < 4.78 is 39.2. The lowest BCUT2D eigenvalue weighted by Gasteiger charge is -2.09. The Labute approximate surface area is 175 Å². The third kappa shape index (κ3) is 4.50. The van der Waals surface area contributed by atoms with Crippen molar-refractivity contribution >= 4 is 55.6 Å². The first-order valence-corrected chi connectivity index (χ1v) is 12.4. The van der Waals surface area contributed by atoms with Crippen molar-refractivity contribution in [2.24, 2.45) is 0 Å². The van der Waals surface area contributed by atoms with Crippen LogP contribution in [0, 0.1) is 0 Å². The van der Waals surface area contributed by atoms with E-state index >= 15 is 0 Å². The number of thiazole rings is 1. The maximum atomic E-state index is 13.1. The second kappa shape index (κ2) is 8.51. The van der Waals surface area contributed by atoms with Gasteiger partial charge in [-0.15, -0.1) is 0 Å². The first-order chi connectivity index (χ1) is 12.8. The minimum absolute atomic E-state index is 0.0644. The van der Waals surface area contributed by atoms with Gasteiger partial charge in [0.25, 0.3) is 0 Å². The normalized spacial score (nSPS) is 12.9. The quantitative estimate of drug-likeness (QED) is 0.458. The highest BCUT2D eigenvalue weighted by Gasteiger charge is 2.33. The van der Waals surface area contributed by atoms with Crippen LogP contribution in [0.15, 0.2) is 62.7 Å². The van der Waals surface area contributed by atoms with Crippen molar-refractivity contribution in [3.8, 4) is 10.6 Å². The molecule has 0 N–H and O–H groups in total. The van der Waals surface area contributed by atoms with Crippen LogP contribution in [0.3, 0.4) is 0 Å². The number of hydrogen-bond donors (Lipinski definition) is 0. The monoisotopic (exact) mass is 459 g/mol. The van der Waals surface area contributed by atoms with Crippen LogP contribution >= 0.6 is 34.5 Å². The van der Waals surface area contributed by atoms with Gasteiger partial charge in [-0.3, -0.25) is 0 Å².